The summed E-state index contributed by atoms with van der Waals surface area (Å²) in [7, 11) is 0. The summed E-state index contributed by atoms with van der Waals surface area (Å²) in [6.07, 6.45) is 4.26. The SMILES string of the molecule is CCCCNc1nc2ccc(Cl)cc2c2nn(-c3cccc(Br)c3)cc12. The molecule has 0 amide bonds. The molecule has 0 aliphatic heterocycles. The minimum absolute atomic E-state index is 0.685. The van der Waals surface area contributed by atoms with Gasteiger partial charge in [0.1, 0.15) is 11.3 Å². The largest absolute Gasteiger partial charge is 0.369 e. The van der Waals surface area contributed by atoms with Gasteiger partial charge < -0.3 is 5.32 Å². The second-order valence-electron chi connectivity index (χ2n) is 6.22. The first-order chi connectivity index (χ1) is 12.7. The highest BCUT2D eigenvalue weighted by Gasteiger charge is 2.14. The van der Waals surface area contributed by atoms with Crippen LogP contribution in [0.5, 0.6) is 0 Å². The molecule has 0 aliphatic carbocycles. The van der Waals surface area contributed by atoms with Crippen molar-refractivity contribution >= 4 is 55.2 Å². The van der Waals surface area contributed by atoms with Gasteiger partial charge in [-0.15, -0.1) is 0 Å². The first kappa shape index (κ1) is 17.3. The van der Waals surface area contributed by atoms with Crippen LogP contribution < -0.4 is 5.32 Å². The highest BCUT2D eigenvalue weighted by Crippen LogP contribution is 2.31. The Morgan fingerprint density at radius 3 is 2.85 bits per heavy atom. The Labute approximate surface area is 165 Å². The maximum atomic E-state index is 6.22. The standard InChI is InChI=1S/C20H18BrClN4/c1-2-3-9-23-20-17-12-26(15-6-4-5-13(21)10-15)25-19(17)16-11-14(22)7-8-18(16)24-20/h4-8,10-12H,2-3,9H2,1H3,(H,23,24). The third-order valence-electron chi connectivity index (χ3n) is 4.31. The van der Waals surface area contributed by atoms with Gasteiger partial charge in [0, 0.05) is 27.6 Å². The highest BCUT2D eigenvalue weighted by molar-refractivity contribution is 9.10. The summed E-state index contributed by atoms with van der Waals surface area (Å²) < 4.78 is 2.91. The molecule has 26 heavy (non-hydrogen) atoms. The number of hydrogen-bond acceptors (Lipinski definition) is 3. The molecule has 0 atom stereocenters. The lowest BCUT2D eigenvalue weighted by Gasteiger charge is -2.08. The molecule has 2 aromatic carbocycles. The van der Waals surface area contributed by atoms with Crippen molar-refractivity contribution in [1.29, 1.82) is 0 Å². The predicted octanol–water partition coefficient (Wildman–Crippen LogP) is 6.20. The van der Waals surface area contributed by atoms with Crippen molar-refractivity contribution in [3.05, 3.63) is 58.2 Å². The highest BCUT2D eigenvalue weighted by atomic mass is 79.9. The van der Waals surface area contributed by atoms with Crippen molar-refractivity contribution in [3.8, 4) is 5.69 Å². The molecule has 1 N–H and O–H groups in total. The summed E-state index contributed by atoms with van der Waals surface area (Å²) in [5, 5.41) is 10.9. The van der Waals surface area contributed by atoms with E-state index in [4.69, 9.17) is 21.7 Å². The quantitative estimate of drug-likeness (QED) is 0.384. The smallest absolute Gasteiger partial charge is 0.137 e. The topological polar surface area (TPSA) is 42.7 Å². The molecule has 2 heterocycles. The van der Waals surface area contributed by atoms with E-state index in [0.29, 0.717) is 5.02 Å². The number of halogens is 2. The molecule has 0 spiro atoms. The molecule has 4 aromatic rings. The van der Waals surface area contributed by atoms with Gasteiger partial charge in [0.2, 0.25) is 0 Å². The lowest BCUT2D eigenvalue weighted by molar-refractivity contribution is 0.832. The first-order valence-corrected chi connectivity index (χ1v) is 9.81. The van der Waals surface area contributed by atoms with Gasteiger partial charge in [0.15, 0.2) is 0 Å². The van der Waals surface area contributed by atoms with Crippen LogP contribution in [-0.2, 0) is 0 Å². The minimum Gasteiger partial charge on any atom is -0.369 e. The van der Waals surface area contributed by atoms with Crippen LogP contribution in [0.4, 0.5) is 5.82 Å². The molecule has 4 rings (SSSR count). The molecule has 0 saturated heterocycles. The van der Waals surface area contributed by atoms with Crippen molar-refractivity contribution in [3.63, 3.8) is 0 Å². The lowest BCUT2D eigenvalue weighted by atomic mass is 10.1. The number of unbranched alkanes of at least 4 members (excludes halogenated alkanes) is 1. The van der Waals surface area contributed by atoms with Gasteiger partial charge in [-0.1, -0.05) is 46.9 Å². The third kappa shape index (κ3) is 3.29. The second kappa shape index (κ2) is 7.25. The van der Waals surface area contributed by atoms with Gasteiger partial charge >= 0.3 is 0 Å². The minimum atomic E-state index is 0.685. The zero-order valence-corrected chi connectivity index (χ0v) is 16.7. The van der Waals surface area contributed by atoms with Crippen LogP contribution in [0.25, 0.3) is 27.5 Å². The summed E-state index contributed by atoms with van der Waals surface area (Å²) in [5.74, 6) is 0.865. The van der Waals surface area contributed by atoms with Gasteiger partial charge in [0.05, 0.1) is 16.6 Å². The Balaban J connectivity index is 1.93. The van der Waals surface area contributed by atoms with E-state index < -0.39 is 0 Å². The van der Waals surface area contributed by atoms with E-state index in [-0.39, 0.29) is 0 Å². The average Bonchev–Trinajstić information content (AvgIpc) is 3.08. The van der Waals surface area contributed by atoms with Crippen molar-refractivity contribution in [2.75, 3.05) is 11.9 Å². The number of nitrogens with zero attached hydrogens (tertiary/aromatic N) is 3. The number of hydrogen-bond donors (Lipinski definition) is 1. The van der Waals surface area contributed by atoms with Crippen LogP contribution in [0, 0.1) is 0 Å². The van der Waals surface area contributed by atoms with Crippen molar-refractivity contribution in [2.24, 2.45) is 0 Å². The van der Waals surface area contributed by atoms with E-state index in [9.17, 15) is 0 Å². The molecule has 132 valence electrons. The third-order valence-corrected chi connectivity index (χ3v) is 5.04. The molecular formula is C20H18BrClN4. The number of aromatic nitrogens is 3. The Bertz CT molecular complexity index is 1090. The molecule has 0 unspecified atom stereocenters. The Morgan fingerprint density at radius 2 is 2.04 bits per heavy atom. The van der Waals surface area contributed by atoms with E-state index in [0.717, 1.165) is 57.2 Å². The number of anilines is 1. The molecule has 0 fully saturated rings. The molecule has 2 aromatic heterocycles. The molecule has 6 heteroatoms. The molecular weight excluding hydrogens is 412 g/mol. The predicted molar refractivity (Wildman–Crippen MR) is 112 cm³/mol. The zero-order valence-electron chi connectivity index (χ0n) is 14.3. The van der Waals surface area contributed by atoms with E-state index >= 15 is 0 Å². The first-order valence-electron chi connectivity index (χ1n) is 8.64. The zero-order chi connectivity index (χ0) is 18.1. The lowest BCUT2D eigenvalue weighted by Crippen LogP contribution is -2.03. The van der Waals surface area contributed by atoms with Crippen LogP contribution in [0.2, 0.25) is 5.02 Å². The van der Waals surface area contributed by atoms with Crippen LogP contribution >= 0.6 is 27.5 Å². The fraction of sp³-hybridized carbons (Fsp3) is 0.200. The van der Waals surface area contributed by atoms with E-state index in [1.54, 1.807) is 0 Å². The van der Waals surface area contributed by atoms with E-state index in [1.165, 1.54) is 0 Å². The maximum Gasteiger partial charge on any atom is 0.137 e. The van der Waals surface area contributed by atoms with E-state index in [1.807, 2.05) is 53.3 Å². The molecule has 4 nitrogen and oxygen atoms in total. The summed E-state index contributed by atoms with van der Waals surface area (Å²) in [6.45, 7) is 3.07. The molecule has 0 saturated carbocycles. The van der Waals surface area contributed by atoms with Gasteiger partial charge in [-0.05, 0) is 42.8 Å². The fourth-order valence-corrected chi connectivity index (χ4v) is 3.55. The van der Waals surface area contributed by atoms with Crippen molar-refractivity contribution in [2.45, 2.75) is 19.8 Å². The molecule has 0 aliphatic rings. The molecule has 0 bridgehead atoms. The van der Waals surface area contributed by atoms with Crippen LogP contribution in [0.1, 0.15) is 19.8 Å². The average molecular weight is 430 g/mol. The fourth-order valence-electron chi connectivity index (χ4n) is 2.99. The maximum absolute atomic E-state index is 6.22. The number of nitrogens with one attached hydrogen (secondary N) is 1. The Kier molecular flexibility index (Phi) is 4.83. The van der Waals surface area contributed by atoms with Gasteiger partial charge in [-0.25, -0.2) is 9.67 Å². The summed E-state index contributed by atoms with van der Waals surface area (Å²) in [4.78, 5) is 4.81. The monoisotopic (exact) mass is 428 g/mol. The molecule has 0 radical (unpaired) electrons. The number of rotatable bonds is 5. The van der Waals surface area contributed by atoms with Gasteiger partial charge in [-0.3, -0.25) is 0 Å². The Hall–Kier alpha value is -2.11. The van der Waals surface area contributed by atoms with Crippen LogP contribution in [0.3, 0.4) is 0 Å². The second-order valence-corrected chi connectivity index (χ2v) is 7.57. The van der Waals surface area contributed by atoms with Gasteiger partial charge in [0.25, 0.3) is 0 Å². The summed E-state index contributed by atoms with van der Waals surface area (Å²) >= 11 is 9.75. The van der Waals surface area contributed by atoms with Crippen molar-refractivity contribution in [1.82, 2.24) is 14.8 Å². The van der Waals surface area contributed by atoms with Crippen molar-refractivity contribution < 1.29 is 0 Å². The Morgan fingerprint density at radius 1 is 1.15 bits per heavy atom. The number of pyridine rings is 1. The van der Waals surface area contributed by atoms with Gasteiger partial charge in [-0.2, -0.15) is 5.10 Å². The summed E-state index contributed by atoms with van der Waals surface area (Å²) in [5.41, 5.74) is 2.78. The van der Waals surface area contributed by atoms with Crippen LogP contribution in [-0.4, -0.2) is 21.3 Å². The van der Waals surface area contributed by atoms with Crippen LogP contribution in [0.15, 0.2) is 53.1 Å². The van der Waals surface area contributed by atoms with E-state index in [2.05, 4.69) is 28.2 Å². The number of benzene rings is 2. The summed E-state index contributed by atoms with van der Waals surface area (Å²) in [6, 6.07) is 13.8. The normalized spacial score (nSPS) is 11.3. The number of fused-ring (bicyclic) bond motifs is 3.